The van der Waals surface area contributed by atoms with E-state index >= 15 is 0 Å². The number of aromatic nitrogens is 1. The SMILES string of the molecule is CN=C(NCc1ncc(C(C)(C)C)o1)NC1CN(C2CC2)CC1C.I. The smallest absolute Gasteiger partial charge is 0.213 e. The van der Waals surface area contributed by atoms with Gasteiger partial charge in [0.2, 0.25) is 5.89 Å². The Morgan fingerprint density at radius 1 is 1.36 bits per heavy atom. The molecule has 0 aromatic carbocycles. The van der Waals surface area contributed by atoms with E-state index in [9.17, 15) is 0 Å². The van der Waals surface area contributed by atoms with Crippen LogP contribution in [0.25, 0.3) is 0 Å². The van der Waals surface area contributed by atoms with Crippen LogP contribution >= 0.6 is 24.0 Å². The molecule has 0 bridgehead atoms. The number of guanidine groups is 1. The van der Waals surface area contributed by atoms with Crippen LogP contribution in [-0.2, 0) is 12.0 Å². The maximum absolute atomic E-state index is 5.83. The third-order valence-corrected chi connectivity index (χ3v) is 4.95. The van der Waals surface area contributed by atoms with E-state index in [1.165, 1.54) is 19.4 Å². The molecule has 6 nitrogen and oxygen atoms in total. The molecule has 0 spiro atoms. The van der Waals surface area contributed by atoms with Crippen LogP contribution in [0.1, 0.15) is 52.2 Å². The zero-order valence-corrected chi connectivity index (χ0v) is 18.3. The van der Waals surface area contributed by atoms with Crippen LogP contribution in [0, 0.1) is 5.92 Å². The molecule has 2 N–H and O–H groups in total. The fourth-order valence-electron chi connectivity index (χ4n) is 3.20. The molecule has 2 atom stereocenters. The van der Waals surface area contributed by atoms with Crippen molar-refractivity contribution < 1.29 is 4.42 Å². The fourth-order valence-corrected chi connectivity index (χ4v) is 3.20. The van der Waals surface area contributed by atoms with Gasteiger partial charge in [-0.05, 0) is 18.8 Å². The van der Waals surface area contributed by atoms with Crippen molar-refractivity contribution in [3.05, 3.63) is 17.8 Å². The second-order valence-corrected chi connectivity index (χ2v) is 8.21. The largest absolute Gasteiger partial charge is 0.443 e. The highest BCUT2D eigenvalue weighted by atomic mass is 127. The van der Waals surface area contributed by atoms with Gasteiger partial charge in [-0.2, -0.15) is 0 Å². The Labute approximate surface area is 168 Å². The maximum Gasteiger partial charge on any atom is 0.213 e. The van der Waals surface area contributed by atoms with Gasteiger partial charge in [-0.1, -0.05) is 27.7 Å². The number of nitrogens with one attached hydrogen (secondary N) is 2. The van der Waals surface area contributed by atoms with Gasteiger partial charge in [0, 0.05) is 37.6 Å². The number of hydrogen-bond donors (Lipinski definition) is 2. The highest BCUT2D eigenvalue weighted by Crippen LogP contribution is 2.31. The first-order valence-corrected chi connectivity index (χ1v) is 9.03. The van der Waals surface area contributed by atoms with Gasteiger partial charge in [-0.15, -0.1) is 24.0 Å². The van der Waals surface area contributed by atoms with Crippen molar-refractivity contribution in [3.63, 3.8) is 0 Å². The first-order valence-electron chi connectivity index (χ1n) is 9.03. The molecule has 7 heteroatoms. The zero-order chi connectivity index (χ0) is 17.3. The van der Waals surface area contributed by atoms with Crippen LogP contribution in [0.2, 0.25) is 0 Å². The van der Waals surface area contributed by atoms with Gasteiger partial charge in [0.15, 0.2) is 5.96 Å². The molecule has 0 amide bonds. The number of aliphatic imine (C=N–C) groups is 1. The second kappa shape index (κ2) is 8.24. The van der Waals surface area contributed by atoms with Gasteiger partial charge in [0.25, 0.3) is 0 Å². The summed E-state index contributed by atoms with van der Waals surface area (Å²) in [6.45, 7) is 11.5. The minimum absolute atomic E-state index is 0. The molecule has 3 rings (SSSR count). The van der Waals surface area contributed by atoms with Crippen molar-refractivity contribution in [1.29, 1.82) is 0 Å². The first-order chi connectivity index (χ1) is 11.4. The lowest BCUT2D eigenvalue weighted by Gasteiger charge is -2.20. The summed E-state index contributed by atoms with van der Waals surface area (Å²) in [5.74, 6) is 3.06. The maximum atomic E-state index is 5.83. The molecule has 2 aliphatic rings. The van der Waals surface area contributed by atoms with Crippen molar-refractivity contribution in [2.75, 3.05) is 20.1 Å². The number of likely N-dealkylation sites (tertiary alicyclic amines) is 1. The Balaban J connectivity index is 0.00000225. The Bertz CT molecular complexity index is 591. The zero-order valence-electron chi connectivity index (χ0n) is 16.0. The molecule has 1 saturated carbocycles. The highest BCUT2D eigenvalue weighted by molar-refractivity contribution is 14.0. The summed E-state index contributed by atoms with van der Waals surface area (Å²) < 4.78 is 5.83. The summed E-state index contributed by atoms with van der Waals surface area (Å²) in [7, 11) is 1.81. The summed E-state index contributed by atoms with van der Waals surface area (Å²) >= 11 is 0. The lowest BCUT2D eigenvalue weighted by Crippen LogP contribution is -2.46. The van der Waals surface area contributed by atoms with E-state index in [0.717, 1.165) is 24.3 Å². The van der Waals surface area contributed by atoms with E-state index in [-0.39, 0.29) is 29.4 Å². The molecule has 2 heterocycles. The van der Waals surface area contributed by atoms with Crippen molar-refractivity contribution in [1.82, 2.24) is 20.5 Å². The van der Waals surface area contributed by atoms with E-state index in [4.69, 9.17) is 4.42 Å². The lowest BCUT2D eigenvalue weighted by molar-refractivity contribution is 0.315. The molecule has 2 unspecified atom stereocenters. The lowest BCUT2D eigenvalue weighted by atomic mass is 9.94. The van der Waals surface area contributed by atoms with Crippen LogP contribution in [-0.4, -0.2) is 48.1 Å². The van der Waals surface area contributed by atoms with E-state index < -0.39 is 0 Å². The van der Waals surface area contributed by atoms with E-state index in [1.807, 2.05) is 13.2 Å². The Morgan fingerprint density at radius 3 is 2.64 bits per heavy atom. The quantitative estimate of drug-likeness (QED) is 0.410. The van der Waals surface area contributed by atoms with Gasteiger partial charge in [0.1, 0.15) is 5.76 Å². The first kappa shape index (κ1) is 20.5. The third-order valence-electron chi connectivity index (χ3n) is 4.95. The van der Waals surface area contributed by atoms with Gasteiger partial charge >= 0.3 is 0 Å². The van der Waals surface area contributed by atoms with Gasteiger partial charge < -0.3 is 15.1 Å². The number of halogens is 1. The minimum Gasteiger partial charge on any atom is -0.443 e. The molecule has 1 aliphatic heterocycles. The van der Waals surface area contributed by atoms with Crippen LogP contribution in [0.5, 0.6) is 0 Å². The molecule has 0 radical (unpaired) electrons. The summed E-state index contributed by atoms with van der Waals surface area (Å²) in [5.41, 5.74) is -0.0171. The molecule has 1 saturated heterocycles. The van der Waals surface area contributed by atoms with E-state index in [2.05, 4.69) is 53.2 Å². The summed E-state index contributed by atoms with van der Waals surface area (Å²) in [6.07, 6.45) is 4.55. The molecule has 2 fully saturated rings. The summed E-state index contributed by atoms with van der Waals surface area (Å²) in [5, 5.41) is 6.88. The van der Waals surface area contributed by atoms with E-state index in [1.54, 1.807) is 0 Å². The molecule has 142 valence electrons. The number of oxazole rings is 1. The molecule has 25 heavy (non-hydrogen) atoms. The van der Waals surface area contributed by atoms with Crippen LogP contribution in [0.4, 0.5) is 0 Å². The third kappa shape index (κ3) is 5.32. The average molecular weight is 461 g/mol. The fraction of sp³-hybridized carbons (Fsp3) is 0.778. The predicted molar refractivity (Wildman–Crippen MR) is 111 cm³/mol. The predicted octanol–water partition coefficient (Wildman–Crippen LogP) is 2.74. The Morgan fingerprint density at radius 2 is 2.08 bits per heavy atom. The van der Waals surface area contributed by atoms with Crippen LogP contribution in [0.3, 0.4) is 0 Å². The number of hydrogen-bond acceptors (Lipinski definition) is 4. The summed E-state index contributed by atoms with van der Waals surface area (Å²) in [6, 6.07) is 1.28. The Hall–Kier alpha value is -0.830. The van der Waals surface area contributed by atoms with Gasteiger partial charge in [-0.25, -0.2) is 4.98 Å². The van der Waals surface area contributed by atoms with Crippen molar-refractivity contribution >= 4 is 29.9 Å². The molecule has 1 aromatic heterocycles. The van der Waals surface area contributed by atoms with Crippen molar-refractivity contribution in [2.45, 2.75) is 64.6 Å². The standard InChI is InChI=1S/C18H31N5O.HI/c1-12-10-23(13-6-7-13)11-14(12)22-17(19-5)21-9-16-20-8-15(24-16)18(2,3)4;/h8,12-14H,6-7,9-11H2,1-5H3,(H2,19,21,22);1H. The number of nitrogens with zero attached hydrogens (tertiary/aromatic N) is 3. The minimum atomic E-state index is -0.0171. The van der Waals surface area contributed by atoms with Gasteiger partial charge in [-0.3, -0.25) is 9.89 Å². The molecular formula is C18H32IN5O. The second-order valence-electron chi connectivity index (χ2n) is 8.21. The monoisotopic (exact) mass is 461 g/mol. The van der Waals surface area contributed by atoms with E-state index in [0.29, 0.717) is 24.4 Å². The normalized spacial score (nSPS) is 24.9. The molecular weight excluding hydrogens is 429 g/mol. The van der Waals surface area contributed by atoms with Gasteiger partial charge in [0.05, 0.1) is 12.7 Å². The molecule has 1 aliphatic carbocycles. The van der Waals surface area contributed by atoms with Crippen molar-refractivity contribution in [3.8, 4) is 0 Å². The van der Waals surface area contributed by atoms with Crippen LogP contribution in [0.15, 0.2) is 15.6 Å². The summed E-state index contributed by atoms with van der Waals surface area (Å²) in [4.78, 5) is 11.3. The highest BCUT2D eigenvalue weighted by Gasteiger charge is 2.38. The van der Waals surface area contributed by atoms with Crippen LogP contribution < -0.4 is 10.6 Å². The average Bonchev–Trinajstić information content (AvgIpc) is 3.14. The number of rotatable bonds is 4. The topological polar surface area (TPSA) is 65.7 Å². The Kier molecular flexibility index (Phi) is 6.75. The van der Waals surface area contributed by atoms with Crippen molar-refractivity contribution in [2.24, 2.45) is 10.9 Å². The molecule has 1 aromatic rings.